The first kappa shape index (κ1) is 16.4. The van der Waals surface area contributed by atoms with Gasteiger partial charge in [0, 0.05) is 12.1 Å². The predicted octanol–water partition coefficient (Wildman–Crippen LogP) is 2.81. The van der Waals surface area contributed by atoms with E-state index in [4.69, 9.17) is 0 Å². The maximum Gasteiger partial charge on any atom is 0.324 e. The van der Waals surface area contributed by atoms with Gasteiger partial charge in [-0.2, -0.15) is 0 Å². The molecular weight excluding hydrogens is 308 g/mol. The standard InChI is InChI=1S/C14H18N2O5S/c17-13(11-7-8-12(22-11)16(20)21)15-10-6-4-2-1-3-5-9(10)14(18)19/h7-10H,1-6H2,(H,15,17)(H,18,19). The molecule has 7 nitrogen and oxygen atoms in total. The Morgan fingerprint density at radius 2 is 1.91 bits per heavy atom. The van der Waals surface area contributed by atoms with Crippen molar-refractivity contribution in [2.24, 2.45) is 5.92 Å². The van der Waals surface area contributed by atoms with Crippen molar-refractivity contribution in [1.82, 2.24) is 5.32 Å². The number of nitrogens with one attached hydrogen (secondary N) is 1. The minimum absolute atomic E-state index is 0.0994. The number of aliphatic carboxylic acids is 1. The van der Waals surface area contributed by atoms with E-state index in [0.29, 0.717) is 12.8 Å². The molecule has 1 amide bonds. The molecule has 0 spiro atoms. The Hall–Kier alpha value is -1.96. The molecule has 0 saturated heterocycles. The van der Waals surface area contributed by atoms with E-state index in [9.17, 15) is 24.8 Å². The van der Waals surface area contributed by atoms with Crippen molar-refractivity contribution < 1.29 is 19.6 Å². The summed E-state index contributed by atoms with van der Waals surface area (Å²) >= 11 is 0.798. The number of rotatable bonds is 4. The van der Waals surface area contributed by atoms with E-state index in [1.807, 2.05) is 0 Å². The number of hydrogen-bond donors (Lipinski definition) is 2. The second kappa shape index (κ2) is 7.35. The average molecular weight is 326 g/mol. The van der Waals surface area contributed by atoms with E-state index in [0.717, 1.165) is 37.0 Å². The van der Waals surface area contributed by atoms with Crippen LogP contribution in [0.3, 0.4) is 0 Å². The summed E-state index contributed by atoms with van der Waals surface area (Å²) in [7, 11) is 0. The molecule has 0 aliphatic heterocycles. The van der Waals surface area contributed by atoms with Gasteiger partial charge in [-0.3, -0.25) is 19.7 Å². The average Bonchev–Trinajstić information content (AvgIpc) is 2.91. The van der Waals surface area contributed by atoms with Gasteiger partial charge in [0.25, 0.3) is 5.91 Å². The highest BCUT2D eigenvalue weighted by Gasteiger charge is 2.30. The highest BCUT2D eigenvalue weighted by Crippen LogP contribution is 2.26. The quantitative estimate of drug-likeness (QED) is 0.653. The van der Waals surface area contributed by atoms with E-state index < -0.39 is 28.8 Å². The summed E-state index contributed by atoms with van der Waals surface area (Å²) in [5.41, 5.74) is 0. The third kappa shape index (κ3) is 4.03. The van der Waals surface area contributed by atoms with Crippen LogP contribution < -0.4 is 5.32 Å². The van der Waals surface area contributed by atoms with Crippen LogP contribution in [0.15, 0.2) is 12.1 Å². The Morgan fingerprint density at radius 3 is 2.50 bits per heavy atom. The zero-order valence-electron chi connectivity index (χ0n) is 12.0. The minimum atomic E-state index is -0.899. The molecule has 8 heteroatoms. The molecule has 0 radical (unpaired) electrons. The molecule has 1 aromatic heterocycles. The van der Waals surface area contributed by atoms with Crippen molar-refractivity contribution >= 4 is 28.2 Å². The van der Waals surface area contributed by atoms with E-state index in [2.05, 4.69) is 5.32 Å². The molecule has 1 saturated carbocycles. The first-order valence-corrected chi connectivity index (χ1v) is 8.08. The van der Waals surface area contributed by atoms with Crippen molar-refractivity contribution in [2.75, 3.05) is 0 Å². The molecule has 0 bridgehead atoms. The molecule has 1 fully saturated rings. The molecular formula is C14H18N2O5S. The second-order valence-electron chi connectivity index (χ2n) is 5.41. The summed E-state index contributed by atoms with van der Waals surface area (Å²) < 4.78 is 0. The van der Waals surface area contributed by atoms with Gasteiger partial charge in [0.15, 0.2) is 0 Å². The lowest BCUT2D eigenvalue weighted by Crippen LogP contribution is -2.43. The summed E-state index contributed by atoms with van der Waals surface area (Å²) in [6, 6.07) is 2.26. The SMILES string of the molecule is O=C(NC1CCCCCCC1C(=O)O)c1ccc([N+](=O)[O-])s1. The molecule has 2 N–H and O–H groups in total. The van der Waals surface area contributed by atoms with Crippen LogP contribution in [0.1, 0.15) is 48.2 Å². The zero-order chi connectivity index (χ0) is 16.1. The van der Waals surface area contributed by atoms with Crippen molar-refractivity contribution in [3.63, 3.8) is 0 Å². The molecule has 0 aromatic carbocycles. The van der Waals surface area contributed by atoms with Gasteiger partial charge in [-0.05, 0) is 18.9 Å². The lowest BCUT2D eigenvalue weighted by atomic mass is 9.87. The Labute approximate surface area is 131 Å². The van der Waals surface area contributed by atoms with Crippen LogP contribution >= 0.6 is 11.3 Å². The molecule has 2 rings (SSSR count). The number of nitro groups is 1. The first-order chi connectivity index (χ1) is 10.5. The number of carbonyl (C=O) groups is 2. The number of nitrogens with zero attached hydrogens (tertiary/aromatic N) is 1. The number of thiophene rings is 1. The third-order valence-electron chi connectivity index (χ3n) is 3.90. The fourth-order valence-electron chi connectivity index (χ4n) is 2.74. The molecule has 1 aromatic rings. The summed E-state index contributed by atoms with van der Waals surface area (Å²) in [5.74, 6) is -1.93. The Kier molecular flexibility index (Phi) is 5.48. The van der Waals surface area contributed by atoms with Gasteiger partial charge in [0.1, 0.15) is 0 Å². The zero-order valence-corrected chi connectivity index (χ0v) is 12.8. The van der Waals surface area contributed by atoms with Gasteiger partial charge in [-0.1, -0.05) is 37.0 Å². The van der Waals surface area contributed by atoms with Crippen LogP contribution in [0.5, 0.6) is 0 Å². The monoisotopic (exact) mass is 326 g/mol. The van der Waals surface area contributed by atoms with Crippen molar-refractivity contribution in [3.05, 3.63) is 27.1 Å². The van der Waals surface area contributed by atoms with Crippen molar-refractivity contribution in [2.45, 2.75) is 44.6 Å². The van der Waals surface area contributed by atoms with Gasteiger partial charge in [0.05, 0.1) is 15.7 Å². The largest absolute Gasteiger partial charge is 0.481 e. The topological polar surface area (TPSA) is 110 Å². The molecule has 2 atom stereocenters. The predicted molar refractivity (Wildman–Crippen MR) is 81.1 cm³/mol. The molecule has 1 aliphatic rings. The fourth-order valence-corrected chi connectivity index (χ4v) is 3.46. The van der Waals surface area contributed by atoms with Crippen molar-refractivity contribution in [3.8, 4) is 0 Å². The highest BCUT2D eigenvalue weighted by atomic mass is 32.1. The molecule has 2 unspecified atom stereocenters. The highest BCUT2D eigenvalue weighted by molar-refractivity contribution is 7.17. The maximum atomic E-state index is 12.2. The summed E-state index contributed by atoms with van der Waals surface area (Å²) in [6.45, 7) is 0. The van der Waals surface area contributed by atoms with Crippen LogP contribution in [0.25, 0.3) is 0 Å². The van der Waals surface area contributed by atoms with Crippen LogP contribution in [-0.2, 0) is 4.79 Å². The summed E-state index contributed by atoms with van der Waals surface area (Å²) in [5, 5.41) is 22.7. The van der Waals surface area contributed by atoms with Gasteiger partial charge in [-0.15, -0.1) is 0 Å². The van der Waals surface area contributed by atoms with Crippen molar-refractivity contribution in [1.29, 1.82) is 0 Å². The lowest BCUT2D eigenvalue weighted by Gasteiger charge is -2.27. The van der Waals surface area contributed by atoms with E-state index in [1.165, 1.54) is 12.1 Å². The third-order valence-corrected chi connectivity index (χ3v) is 4.93. The van der Waals surface area contributed by atoms with E-state index in [1.54, 1.807) is 0 Å². The van der Waals surface area contributed by atoms with Gasteiger partial charge in [-0.25, -0.2) is 0 Å². The maximum absolute atomic E-state index is 12.2. The number of hydrogen-bond acceptors (Lipinski definition) is 5. The Balaban J connectivity index is 2.08. The molecule has 1 heterocycles. The molecule has 120 valence electrons. The van der Waals surface area contributed by atoms with E-state index in [-0.39, 0.29) is 9.88 Å². The fraction of sp³-hybridized carbons (Fsp3) is 0.571. The lowest BCUT2D eigenvalue weighted by molar-refractivity contribution is -0.380. The van der Waals surface area contributed by atoms with Crippen LogP contribution in [0.2, 0.25) is 0 Å². The number of carboxylic acid groups (broad SMARTS) is 1. The van der Waals surface area contributed by atoms with Gasteiger partial charge >= 0.3 is 11.0 Å². The molecule has 22 heavy (non-hydrogen) atoms. The first-order valence-electron chi connectivity index (χ1n) is 7.27. The van der Waals surface area contributed by atoms with Crippen LogP contribution in [0, 0.1) is 16.0 Å². The van der Waals surface area contributed by atoms with E-state index >= 15 is 0 Å². The number of carboxylic acids is 1. The number of amides is 1. The molecule has 1 aliphatic carbocycles. The smallest absolute Gasteiger partial charge is 0.324 e. The number of carbonyl (C=O) groups excluding carboxylic acids is 1. The summed E-state index contributed by atoms with van der Waals surface area (Å²) in [6.07, 6.45) is 4.93. The van der Waals surface area contributed by atoms with Gasteiger partial charge in [0.2, 0.25) is 0 Å². The minimum Gasteiger partial charge on any atom is -0.481 e. The Bertz CT molecular complexity index is 571. The van der Waals surface area contributed by atoms with Gasteiger partial charge < -0.3 is 10.4 Å². The Morgan fingerprint density at radius 1 is 1.23 bits per heavy atom. The second-order valence-corrected chi connectivity index (χ2v) is 6.47. The normalized spacial score (nSPS) is 22.4. The van der Waals surface area contributed by atoms with Crippen LogP contribution in [-0.4, -0.2) is 27.9 Å². The van der Waals surface area contributed by atoms with Crippen LogP contribution in [0.4, 0.5) is 5.00 Å². The summed E-state index contributed by atoms with van der Waals surface area (Å²) in [4.78, 5) is 34.0.